The maximum Gasteiger partial charge on any atom is 0.121 e. The van der Waals surface area contributed by atoms with E-state index in [0.29, 0.717) is 23.9 Å². The van der Waals surface area contributed by atoms with Crippen molar-refractivity contribution in [3.05, 3.63) is 60.3 Å². The summed E-state index contributed by atoms with van der Waals surface area (Å²) in [5, 5.41) is 25.6. The normalized spacial score (nSPS) is 14.3. The minimum Gasteiger partial charge on any atom is -0.491 e. The van der Waals surface area contributed by atoms with Crippen LogP contribution in [0.2, 0.25) is 0 Å². The summed E-state index contributed by atoms with van der Waals surface area (Å²) in [6.07, 6.45) is 4.38. The molecule has 3 aromatic rings. The maximum absolute atomic E-state index is 9.03. The van der Waals surface area contributed by atoms with Crippen molar-refractivity contribution in [2.75, 3.05) is 31.7 Å². The zero-order valence-corrected chi connectivity index (χ0v) is 18.4. The molecule has 7 nitrogen and oxygen atoms in total. The molecule has 0 unspecified atom stereocenters. The lowest BCUT2D eigenvalue weighted by atomic mass is 10.00. The van der Waals surface area contributed by atoms with Crippen molar-refractivity contribution < 1.29 is 14.6 Å². The highest BCUT2D eigenvalue weighted by atomic mass is 16.5. The molecular weight excluding hydrogens is 404 g/mol. The summed E-state index contributed by atoms with van der Waals surface area (Å²) in [4.78, 5) is 0. The van der Waals surface area contributed by atoms with E-state index in [0.717, 1.165) is 54.3 Å². The lowest BCUT2D eigenvalue weighted by Gasteiger charge is -2.26. The summed E-state index contributed by atoms with van der Waals surface area (Å²) in [6, 6.07) is 16.2. The highest BCUT2D eigenvalue weighted by molar-refractivity contribution is 6.03. The number of hydrogen-bond acceptors (Lipinski definition) is 6. The Morgan fingerprint density at radius 3 is 2.84 bits per heavy atom. The Bertz CT molecular complexity index is 1060. The number of anilines is 1. The number of nitrogens with zero attached hydrogens (tertiary/aromatic N) is 2. The average molecular weight is 435 g/mol. The number of benzene rings is 2. The molecule has 0 aliphatic carbocycles. The first kappa shape index (κ1) is 22.0. The molecule has 0 bridgehead atoms. The minimum absolute atomic E-state index is 0.0285. The molecule has 3 N–H and O–H groups in total. The third kappa shape index (κ3) is 5.00. The van der Waals surface area contributed by atoms with Crippen LogP contribution in [0.15, 0.2) is 54.7 Å². The first-order chi connectivity index (χ1) is 15.7. The van der Waals surface area contributed by atoms with Gasteiger partial charge < -0.3 is 25.3 Å². The second kappa shape index (κ2) is 10.4. The van der Waals surface area contributed by atoms with E-state index < -0.39 is 0 Å². The molecule has 0 saturated carbocycles. The second-order valence-electron chi connectivity index (χ2n) is 7.82. The van der Waals surface area contributed by atoms with Crippen molar-refractivity contribution in [3.63, 3.8) is 0 Å². The molecule has 0 spiro atoms. The van der Waals surface area contributed by atoms with Crippen molar-refractivity contribution in [1.82, 2.24) is 9.78 Å². The Hall–Kier alpha value is -3.16. The van der Waals surface area contributed by atoms with Crippen LogP contribution in [0.1, 0.15) is 31.7 Å². The predicted molar refractivity (Wildman–Crippen MR) is 126 cm³/mol. The van der Waals surface area contributed by atoms with E-state index in [1.54, 1.807) is 6.20 Å². The van der Waals surface area contributed by atoms with Crippen LogP contribution in [0.5, 0.6) is 5.75 Å². The topological polar surface area (TPSA) is 92.4 Å². The predicted octanol–water partition coefficient (Wildman–Crippen LogP) is 4.28. The molecule has 1 saturated heterocycles. The summed E-state index contributed by atoms with van der Waals surface area (Å²) in [7, 11) is 0. The molecule has 0 radical (unpaired) electrons. The molecule has 1 aromatic heterocycles. The van der Waals surface area contributed by atoms with E-state index in [9.17, 15) is 0 Å². The van der Waals surface area contributed by atoms with E-state index in [1.165, 1.54) is 0 Å². The fourth-order valence-electron chi connectivity index (χ4n) is 3.93. The van der Waals surface area contributed by atoms with Crippen LogP contribution in [0.3, 0.4) is 0 Å². The Morgan fingerprint density at radius 2 is 2.06 bits per heavy atom. The largest absolute Gasteiger partial charge is 0.491 e. The van der Waals surface area contributed by atoms with Crippen LogP contribution in [0.4, 0.5) is 5.69 Å². The standard InChI is InChI=1S/C25H30N4O3/c1-2-23(26)22-7-6-18(16-24(22)28-19-9-13-31-14-10-19)25-8-11-27-29(25)20-4-3-5-21(17-20)32-15-12-30/h3-8,11,16-17,19,26,28,30H,2,9-10,12-15H2,1H3. The molecule has 1 fully saturated rings. The SMILES string of the molecule is CCC(=N)c1ccc(-c2ccnn2-c2cccc(OCCO)c2)cc1NC1CCOCC1. The summed E-state index contributed by atoms with van der Waals surface area (Å²) < 4.78 is 12.9. The first-order valence-electron chi connectivity index (χ1n) is 11.1. The van der Waals surface area contributed by atoms with Gasteiger partial charge in [0.15, 0.2) is 0 Å². The molecule has 1 aliphatic heterocycles. The summed E-state index contributed by atoms with van der Waals surface area (Å²) >= 11 is 0. The molecule has 168 valence electrons. The van der Waals surface area contributed by atoms with E-state index in [4.69, 9.17) is 20.0 Å². The van der Waals surface area contributed by atoms with Crippen LogP contribution in [0.25, 0.3) is 16.9 Å². The van der Waals surface area contributed by atoms with Crippen LogP contribution >= 0.6 is 0 Å². The highest BCUT2D eigenvalue weighted by Gasteiger charge is 2.18. The third-order valence-corrected chi connectivity index (χ3v) is 5.64. The molecular formula is C25H30N4O3. The number of aliphatic hydroxyl groups excluding tert-OH is 1. The molecule has 2 heterocycles. The quantitative estimate of drug-likeness (QED) is 0.437. The van der Waals surface area contributed by atoms with Crippen molar-refractivity contribution >= 4 is 11.4 Å². The number of rotatable bonds is 9. The molecule has 32 heavy (non-hydrogen) atoms. The number of ether oxygens (including phenoxy) is 2. The van der Waals surface area contributed by atoms with Crippen LogP contribution < -0.4 is 10.1 Å². The number of aliphatic hydroxyl groups is 1. The number of aromatic nitrogens is 2. The van der Waals surface area contributed by atoms with Gasteiger partial charge in [0.05, 0.1) is 24.2 Å². The Kier molecular flexibility index (Phi) is 7.19. The Morgan fingerprint density at radius 1 is 1.22 bits per heavy atom. The molecule has 2 aromatic carbocycles. The van der Waals surface area contributed by atoms with E-state index in [2.05, 4.69) is 16.5 Å². The van der Waals surface area contributed by atoms with E-state index >= 15 is 0 Å². The van der Waals surface area contributed by atoms with Gasteiger partial charge in [-0.2, -0.15) is 5.10 Å². The smallest absolute Gasteiger partial charge is 0.121 e. The Labute approximate surface area is 188 Å². The third-order valence-electron chi connectivity index (χ3n) is 5.64. The minimum atomic E-state index is -0.0285. The van der Waals surface area contributed by atoms with Crippen molar-refractivity contribution in [2.45, 2.75) is 32.2 Å². The van der Waals surface area contributed by atoms with Gasteiger partial charge in [0, 0.05) is 47.8 Å². The highest BCUT2D eigenvalue weighted by Crippen LogP contribution is 2.30. The van der Waals surface area contributed by atoms with E-state index in [1.807, 2.05) is 54.1 Å². The van der Waals surface area contributed by atoms with Gasteiger partial charge in [0.25, 0.3) is 0 Å². The molecule has 1 aliphatic rings. The van der Waals surface area contributed by atoms with Gasteiger partial charge in [0.1, 0.15) is 12.4 Å². The molecule has 4 rings (SSSR count). The zero-order chi connectivity index (χ0) is 22.3. The average Bonchev–Trinajstić information content (AvgIpc) is 3.33. The van der Waals surface area contributed by atoms with Crippen LogP contribution in [0, 0.1) is 5.41 Å². The van der Waals surface area contributed by atoms with E-state index in [-0.39, 0.29) is 13.2 Å². The fourth-order valence-corrected chi connectivity index (χ4v) is 3.93. The van der Waals surface area contributed by atoms with Gasteiger partial charge in [-0.05, 0) is 43.5 Å². The molecule has 0 amide bonds. The molecule has 0 atom stereocenters. The van der Waals surface area contributed by atoms with Crippen molar-refractivity contribution in [3.8, 4) is 22.7 Å². The zero-order valence-electron chi connectivity index (χ0n) is 18.4. The lowest BCUT2D eigenvalue weighted by molar-refractivity contribution is 0.0904. The first-order valence-corrected chi connectivity index (χ1v) is 11.1. The van der Waals surface area contributed by atoms with Gasteiger partial charge in [-0.15, -0.1) is 0 Å². The monoisotopic (exact) mass is 434 g/mol. The maximum atomic E-state index is 9.03. The van der Waals surface area contributed by atoms with Crippen LogP contribution in [-0.2, 0) is 4.74 Å². The van der Waals surface area contributed by atoms with Crippen molar-refractivity contribution in [1.29, 1.82) is 5.41 Å². The summed E-state index contributed by atoms with van der Waals surface area (Å²) in [5.74, 6) is 0.687. The van der Waals surface area contributed by atoms with Crippen molar-refractivity contribution in [2.24, 2.45) is 0 Å². The van der Waals surface area contributed by atoms with Gasteiger partial charge in [-0.1, -0.05) is 25.1 Å². The van der Waals surface area contributed by atoms with Gasteiger partial charge in [0.2, 0.25) is 0 Å². The number of nitrogens with one attached hydrogen (secondary N) is 2. The second-order valence-corrected chi connectivity index (χ2v) is 7.82. The van der Waals surface area contributed by atoms with Crippen LogP contribution in [-0.4, -0.2) is 53.1 Å². The fraction of sp³-hybridized carbons (Fsp3) is 0.360. The summed E-state index contributed by atoms with van der Waals surface area (Å²) in [5.41, 5.74) is 5.39. The molecule has 7 heteroatoms. The van der Waals surface area contributed by atoms with Gasteiger partial charge >= 0.3 is 0 Å². The van der Waals surface area contributed by atoms with Gasteiger partial charge in [-0.25, -0.2) is 4.68 Å². The Balaban J connectivity index is 1.68. The lowest BCUT2D eigenvalue weighted by Crippen LogP contribution is -2.28. The summed E-state index contributed by atoms with van der Waals surface area (Å²) in [6.45, 7) is 3.76. The number of hydrogen-bond donors (Lipinski definition) is 3. The van der Waals surface area contributed by atoms with Gasteiger partial charge in [-0.3, -0.25) is 0 Å².